The van der Waals surface area contributed by atoms with Gasteiger partial charge < -0.3 is 14.7 Å². The highest BCUT2D eigenvalue weighted by Crippen LogP contribution is 2.21. The lowest BCUT2D eigenvalue weighted by Gasteiger charge is -2.20. The number of likely N-dealkylation sites (N-methyl/N-ethyl adjacent to an activating group) is 1. The summed E-state index contributed by atoms with van der Waals surface area (Å²) in [5.74, 6) is -0.587. The van der Waals surface area contributed by atoms with Crippen LogP contribution >= 0.6 is 11.6 Å². The number of hydrogen-bond acceptors (Lipinski definition) is 5. The Balaban J connectivity index is 1.75. The van der Waals surface area contributed by atoms with Gasteiger partial charge in [-0.15, -0.1) is 0 Å². The van der Waals surface area contributed by atoms with Crippen LogP contribution in [0.25, 0.3) is 11.1 Å². The molecule has 0 aliphatic heterocycles. The van der Waals surface area contributed by atoms with Gasteiger partial charge in [-0.25, -0.2) is 4.98 Å². The molecule has 1 aromatic carbocycles. The number of fused-ring (bicyclic) bond motifs is 1. The number of halogens is 1. The molecule has 140 valence electrons. The zero-order valence-electron chi connectivity index (χ0n) is 15.2. The average Bonchev–Trinajstić information content (AvgIpc) is 3.02. The van der Waals surface area contributed by atoms with E-state index >= 15 is 0 Å². The van der Waals surface area contributed by atoms with Crippen LogP contribution in [0.15, 0.2) is 35.0 Å². The number of aryl methyl sites for hydroxylation is 2. The lowest BCUT2D eigenvalue weighted by molar-refractivity contribution is -0.116. The second kappa shape index (κ2) is 7.75. The van der Waals surface area contributed by atoms with Crippen molar-refractivity contribution in [2.45, 2.75) is 20.8 Å². The minimum atomic E-state index is -0.300. The van der Waals surface area contributed by atoms with Crippen LogP contribution in [-0.2, 0) is 4.79 Å². The number of anilines is 1. The highest BCUT2D eigenvalue weighted by molar-refractivity contribution is 6.31. The van der Waals surface area contributed by atoms with Crippen LogP contribution in [0.1, 0.15) is 28.5 Å². The van der Waals surface area contributed by atoms with Gasteiger partial charge in [-0.05, 0) is 44.5 Å². The SMILES string of the molecule is CCN(CC(=O)Nc1cc(Cl)ccc1C)C(=O)c1cnc2onc(C)c2c1. The van der Waals surface area contributed by atoms with Gasteiger partial charge in [-0.3, -0.25) is 9.59 Å². The maximum absolute atomic E-state index is 12.8. The second-order valence-electron chi connectivity index (χ2n) is 6.17. The number of carbonyl (C=O) groups excluding carboxylic acids is 2. The summed E-state index contributed by atoms with van der Waals surface area (Å²) in [6.07, 6.45) is 1.43. The van der Waals surface area contributed by atoms with Gasteiger partial charge >= 0.3 is 0 Å². The lowest BCUT2D eigenvalue weighted by Crippen LogP contribution is -2.38. The van der Waals surface area contributed by atoms with Crippen LogP contribution < -0.4 is 5.32 Å². The predicted molar refractivity (Wildman–Crippen MR) is 103 cm³/mol. The summed E-state index contributed by atoms with van der Waals surface area (Å²) < 4.78 is 5.06. The van der Waals surface area contributed by atoms with Gasteiger partial charge in [0.25, 0.3) is 11.6 Å². The first kappa shape index (κ1) is 18.8. The highest BCUT2D eigenvalue weighted by Gasteiger charge is 2.20. The molecule has 0 aliphatic carbocycles. The number of aromatic nitrogens is 2. The Kier molecular flexibility index (Phi) is 5.41. The van der Waals surface area contributed by atoms with Gasteiger partial charge in [0.2, 0.25) is 5.91 Å². The van der Waals surface area contributed by atoms with Crippen LogP contribution in [0.2, 0.25) is 5.02 Å². The molecule has 8 heteroatoms. The van der Waals surface area contributed by atoms with E-state index in [1.807, 2.05) is 19.9 Å². The van der Waals surface area contributed by atoms with E-state index in [4.69, 9.17) is 16.1 Å². The molecule has 3 rings (SSSR count). The van der Waals surface area contributed by atoms with Crippen LogP contribution in [0.3, 0.4) is 0 Å². The third kappa shape index (κ3) is 4.09. The van der Waals surface area contributed by atoms with Crippen LogP contribution in [0, 0.1) is 13.8 Å². The summed E-state index contributed by atoms with van der Waals surface area (Å²) >= 11 is 5.98. The highest BCUT2D eigenvalue weighted by atomic mass is 35.5. The fourth-order valence-corrected chi connectivity index (χ4v) is 2.84. The summed E-state index contributed by atoms with van der Waals surface area (Å²) in [4.78, 5) is 30.8. The van der Waals surface area contributed by atoms with Crippen LogP contribution in [-0.4, -0.2) is 39.9 Å². The normalized spacial score (nSPS) is 10.8. The number of pyridine rings is 1. The minimum Gasteiger partial charge on any atom is -0.336 e. The van der Waals surface area contributed by atoms with E-state index < -0.39 is 0 Å². The molecule has 0 atom stereocenters. The monoisotopic (exact) mass is 386 g/mol. The summed E-state index contributed by atoms with van der Waals surface area (Å²) in [6, 6.07) is 6.94. The zero-order valence-corrected chi connectivity index (χ0v) is 16.0. The Bertz CT molecular complexity index is 1020. The summed E-state index contributed by atoms with van der Waals surface area (Å²) in [5.41, 5.74) is 2.92. The van der Waals surface area contributed by atoms with E-state index in [-0.39, 0.29) is 18.4 Å². The van der Waals surface area contributed by atoms with Crippen molar-refractivity contribution in [3.05, 3.63) is 52.3 Å². The molecular weight excluding hydrogens is 368 g/mol. The van der Waals surface area contributed by atoms with Crippen molar-refractivity contribution in [1.82, 2.24) is 15.0 Å². The zero-order chi connectivity index (χ0) is 19.6. The average molecular weight is 387 g/mol. The smallest absolute Gasteiger partial charge is 0.257 e. The van der Waals surface area contributed by atoms with E-state index in [2.05, 4.69) is 15.5 Å². The summed E-state index contributed by atoms with van der Waals surface area (Å²) in [6.45, 7) is 5.76. The fourth-order valence-electron chi connectivity index (χ4n) is 2.66. The van der Waals surface area contributed by atoms with Crippen LogP contribution in [0.5, 0.6) is 0 Å². The van der Waals surface area contributed by atoms with Crippen molar-refractivity contribution >= 4 is 40.2 Å². The fraction of sp³-hybridized carbons (Fsp3) is 0.263. The topological polar surface area (TPSA) is 88.3 Å². The Hall–Kier alpha value is -2.93. The molecule has 2 amide bonds. The number of rotatable bonds is 5. The largest absolute Gasteiger partial charge is 0.336 e. The quantitative estimate of drug-likeness (QED) is 0.723. The van der Waals surface area contributed by atoms with Gasteiger partial charge in [0.15, 0.2) is 0 Å². The molecule has 0 spiro atoms. The molecule has 0 fully saturated rings. The van der Waals surface area contributed by atoms with E-state index in [9.17, 15) is 9.59 Å². The van der Waals surface area contributed by atoms with E-state index in [1.54, 1.807) is 25.1 Å². The van der Waals surface area contributed by atoms with Crippen molar-refractivity contribution in [2.75, 3.05) is 18.4 Å². The Morgan fingerprint density at radius 1 is 1.26 bits per heavy atom. The first-order chi connectivity index (χ1) is 12.9. The Morgan fingerprint density at radius 3 is 2.78 bits per heavy atom. The van der Waals surface area contributed by atoms with Crippen molar-refractivity contribution in [3.63, 3.8) is 0 Å². The van der Waals surface area contributed by atoms with Crippen LogP contribution in [0.4, 0.5) is 5.69 Å². The molecule has 0 saturated carbocycles. The molecule has 0 radical (unpaired) electrons. The minimum absolute atomic E-state index is 0.0814. The van der Waals surface area contributed by atoms with Gasteiger partial charge in [0.1, 0.15) is 6.54 Å². The molecule has 2 heterocycles. The first-order valence-corrected chi connectivity index (χ1v) is 8.84. The molecule has 7 nitrogen and oxygen atoms in total. The number of carbonyl (C=O) groups is 2. The van der Waals surface area contributed by atoms with Crippen molar-refractivity contribution in [1.29, 1.82) is 0 Å². The Labute approximate surface area is 161 Å². The molecule has 0 bridgehead atoms. The molecule has 0 aliphatic rings. The molecule has 0 unspecified atom stereocenters. The predicted octanol–water partition coefficient (Wildman–Crippen LogP) is 3.59. The van der Waals surface area contributed by atoms with Crippen molar-refractivity contribution in [3.8, 4) is 0 Å². The molecular formula is C19H19ClN4O3. The third-order valence-electron chi connectivity index (χ3n) is 4.23. The first-order valence-electron chi connectivity index (χ1n) is 8.46. The molecule has 1 N–H and O–H groups in total. The standard InChI is InChI=1S/C19H19ClN4O3/c1-4-24(10-17(25)22-16-8-14(20)6-5-11(16)2)19(26)13-7-15-12(3)23-27-18(15)21-9-13/h5-9H,4,10H2,1-3H3,(H,22,25). The van der Waals surface area contributed by atoms with E-state index in [1.165, 1.54) is 11.1 Å². The van der Waals surface area contributed by atoms with E-state index in [0.29, 0.717) is 39.6 Å². The molecule has 3 aromatic rings. The summed E-state index contributed by atoms with van der Waals surface area (Å²) in [7, 11) is 0. The molecule has 27 heavy (non-hydrogen) atoms. The van der Waals surface area contributed by atoms with Crippen molar-refractivity contribution < 1.29 is 14.1 Å². The van der Waals surface area contributed by atoms with E-state index in [0.717, 1.165) is 5.56 Å². The van der Waals surface area contributed by atoms with Crippen molar-refractivity contribution in [2.24, 2.45) is 0 Å². The second-order valence-corrected chi connectivity index (χ2v) is 6.61. The molecule has 0 saturated heterocycles. The Morgan fingerprint density at radius 2 is 2.04 bits per heavy atom. The number of amides is 2. The number of nitrogens with zero attached hydrogens (tertiary/aromatic N) is 3. The van der Waals surface area contributed by atoms with Gasteiger partial charge in [0, 0.05) is 23.5 Å². The number of benzene rings is 1. The summed E-state index contributed by atoms with van der Waals surface area (Å²) in [5, 5.41) is 7.84. The number of hydrogen-bond donors (Lipinski definition) is 1. The van der Waals surface area contributed by atoms with Gasteiger partial charge in [0.05, 0.1) is 16.6 Å². The maximum Gasteiger partial charge on any atom is 0.257 e. The van der Waals surface area contributed by atoms with Gasteiger partial charge in [-0.2, -0.15) is 0 Å². The lowest BCUT2D eigenvalue weighted by atomic mass is 10.2. The third-order valence-corrected chi connectivity index (χ3v) is 4.47. The maximum atomic E-state index is 12.8. The molecule has 2 aromatic heterocycles. The van der Waals surface area contributed by atoms with Gasteiger partial charge in [-0.1, -0.05) is 22.8 Å². The number of nitrogens with one attached hydrogen (secondary N) is 1.